The molecule has 4 rings (SSSR count). The molecule has 1 aromatic heterocycles. The zero-order chi connectivity index (χ0) is 18.5. The number of piperazine rings is 1. The minimum Gasteiger partial charge on any atom is -0.437 e. The smallest absolute Gasteiger partial charge is 0.411 e. The van der Waals surface area contributed by atoms with E-state index < -0.39 is 5.60 Å². The van der Waals surface area contributed by atoms with E-state index in [0.29, 0.717) is 45.1 Å². The molecule has 1 aromatic rings. The Labute approximate surface area is 151 Å². The molecule has 3 saturated heterocycles. The lowest BCUT2D eigenvalue weighted by Gasteiger charge is -2.51. The summed E-state index contributed by atoms with van der Waals surface area (Å²) in [6.45, 7) is 2.82. The van der Waals surface area contributed by atoms with E-state index in [1.807, 2.05) is 28.8 Å². The van der Waals surface area contributed by atoms with Gasteiger partial charge in [-0.3, -0.25) is 9.69 Å². The van der Waals surface area contributed by atoms with Crippen molar-refractivity contribution >= 4 is 17.8 Å². The predicted octanol–water partition coefficient (Wildman–Crippen LogP) is 0.00410. The van der Waals surface area contributed by atoms with Crippen LogP contribution in [-0.2, 0) is 9.53 Å². The highest BCUT2D eigenvalue weighted by Gasteiger charge is 2.62. The number of pyridine rings is 1. The molecule has 0 radical (unpaired) electrons. The molecule has 9 heteroatoms. The van der Waals surface area contributed by atoms with Crippen molar-refractivity contribution < 1.29 is 18.7 Å². The number of hydrogen-bond acceptors (Lipinski definition) is 6. The first-order valence-electron chi connectivity index (χ1n) is 8.67. The van der Waals surface area contributed by atoms with E-state index in [1.165, 1.54) is 12.3 Å². The fourth-order valence-corrected chi connectivity index (χ4v) is 3.94. The number of ether oxygens (including phenoxy) is 1. The number of anilines is 1. The Balaban J connectivity index is 1.47. The van der Waals surface area contributed by atoms with E-state index in [-0.39, 0.29) is 23.9 Å². The lowest BCUT2D eigenvalue weighted by atomic mass is 9.84. The van der Waals surface area contributed by atoms with Crippen molar-refractivity contribution in [2.75, 3.05) is 58.3 Å². The molecule has 8 nitrogen and oxygen atoms in total. The molecule has 2 amide bonds. The standard InChI is InChI=1S/C17H22FN5O3/c1-20(2)9-15(24)21-5-6-23-13(8-21)17(26-16(23)25)10-22(11-17)14-4-3-12(18)7-19-14/h3-4,7,13H,5-6,8-11H2,1-2H3. The van der Waals surface area contributed by atoms with Crippen LogP contribution in [0.25, 0.3) is 0 Å². The van der Waals surface area contributed by atoms with Gasteiger partial charge in [-0.15, -0.1) is 0 Å². The van der Waals surface area contributed by atoms with Crippen LogP contribution >= 0.6 is 0 Å². The number of hydrogen-bond donors (Lipinski definition) is 0. The fraction of sp³-hybridized carbons (Fsp3) is 0.588. The molecule has 1 unspecified atom stereocenters. The summed E-state index contributed by atoms with van der Waals surface area (Å²) < 4.78 is 18.8. The minimum absolute atomic E-state index is 0.0560. The van der Waals surface area contributed by atoms with Crippen molar-refractivity contribution in [3.05, 3.63) is 24.1 Å². The normalized spacial score (nSPS) is 23.9. The van der Waals surface area contributed by atoms with Crippen LogP contribution < -0.4 is 4.90 Å². The number of rotatable bonds is 3. The second kappa shape index (κ2) is 6.08. The second-order valence-electron chi connectivity index (χ2n) is 7.41. The highest BCUT2D eigenvalue weighted by molar-refractivity contribution is 5.79. The van der Waals surface area contributed by atoms with Crippen molar-refractivity contribution in [1.29, 1.82) is 0 Å². The first kappa shape index (κ1) is 17.0. The maximum absolute atomic E-state index is 13.1. The molecular weight excluding hydrogens is 341 g/mol. The van der Waals surface area contributed by atoms with E-state index in [4.69, 9.17) is 4.74 Å². The number of carbonyl (C=O) groups is 2. The van der Waals surface area contributed by atoms with Gasteiger partial charge in [0.1, 0.15) is 11.6 Å². The first-order chi connectivity index (χ1) is 12.4. The number of nitrogens with zero attached hydrogens (tertiary/aromatic N) is 5. The van der Waals surface area contributed by atoms with Gasteiger partial charge >= 0.3 is 6.09 Å². The molecule has 0 aliphatic carbocycles. The summed E-state index contributed by atoms with van der Waals surface area (Å²) in [6, 6.07) is 2.82. The van der Waals surface area contributed by atoms with Crippen LogP contribution in [0.15, 0.2) is 18.3 Å². The van der Waals surface area contributed by atoms with E-state index in [2.05, 4.69) is 4.98 Å². The SMILES string of the molecule is CN(C)CC(=O)N1CCN2C(=O)OC3(CN(c4ccc(F)cn4)C3)C2C1. The summed E-state index contributed by atoms with van der Waals surface area (Å²) in [7, 11) is 3.72. The number of aromatic nitrogens is 1. The molecule has 1 atom stereocenters. The van der Waals surface area contributed by atoms with Crippen LogP contribution in [0.4, 0.5) is 15.0 Å². The van der Waals surface area contributed by atoms with Gasteiger partial charge < -0.3 is 19.4 Å². The molecule has 26 heavy (non-hydrogen) atoms. The number of amides is 2. The van der Waals surface area contributed by atoms with Gasteiger partial charge in [0.15, 0.2) is 5.60 Å². The largest absolute Gasteiger partial charge is 0.437 e. The van der Waals surface area contributed by atoms with Gasteiger partial charge in [0.05, 0.1) is 31.9 Å². The maximum Gasteiger partial charge on any atom is 0.411 e. The molecule has 140 valence electrons. The average Bonchev–Trinajstić information content (AvgIpc) is 2.86. The Morgan fingerprint density at radius 3 is 2.81 bits per heavy atom. The summed E-state index contributed by atoms with van der Waals surface area (Å²) >= 11 is 0. The van der Waals surface area contributed by atoms with E-state index >= 15 is 0 Å². The zero-order valence-corrected chi connectivity index (χ0v) is 14.9. The van der Waals surface area contributed by atoms with E-state index in [0.717, 1.165) is 0 Å². The highest BCUT2D eigenvalue weighted by Crippen LogP contribution is 2.41. The van der Waals surface area contributed by atoms with Crippen LogP contribution in [0.3, 0.4) is 0 Å². The molecule has 3 fully saturated rings. The van der Waals surface area contributed by atoms with Crippen LogP contribution in [0, 0.1) is 5.82 Å². The van der Waals surface area contributed by atoms with Crippen molar-refractivity contribution in [2.24, 2.45) is 0 Å². The van der Waals surface area contributed by atoms with E-state index in [9.17, 15) is 14.0 Å². The molecule has 0 bridgehead atoms. The summed E-state index contributed by atoms with van der Waals surface area (Å²) in [5.41, 5.74) is -0.635. The summed E-state index contributed by atoms with van der Waals surface area (Å²) in [6.07, 6.45) is 0.858. The van der Waals surface area contributed by atoms with Crippen molar-refractivity contribution in [3.63, 3.8) is 0 Å². The monoisotopic (exact) mass is 363 g/mol. The summed E-state index contributed by atoms with van der Waals surface area (Å²) in [4.78, 5) is 36.1. The lowest BCUT2D eigenvalue weighted by molar-refractivity contribution is -0.135. The lowest BCUT2D eigenvalue weighted by Crippen LogP contribution is -2.71. The Morgan fingerprint density at radius 2 is 2.15 bits per heavy atom. The van der Waals surface area contributed by atoms with Gasteiger partial charge in [0.25, 0.3) is 0 Å². The Morgan fingerprint density at radius 1 is 1.38 bits per heavy atom. The van der Waals surface area contributed by atoms with Crippen molar-refractivity contribution in [3.8, 4) is 0 Å². The quantitative estimate of drug-likeness (QED) is 0.753. The molecule has 0 aromatic carbocycles. The molecule has 3 aliphatic heterocycles. The van der Waals surface area contributed by atoms with Crippen LogP contribution in [0.2, 0.25) is 0 Å². The number of carbonyl (C=O) groups excluding carboxylic acids is 2. The van der Waals surface area contributed by atoms with Crippen LogP contribution in [-0.4, -0.2) is 96.7 Å². The third-order valence-electron chi connectivity index (χ3n) is 5.27. The Kier molecular flexibility index (Phi) is 3.98. The van der Waals surface area contributed by atoms with Crippen LogP contribution in [0.5, 0.6) is 0 Å². The summed E-state index contributed by atoms with van der Waals surface area (Å²) in [5.74, 6) is 0.327. The van der Waals surface area contributed by atoms with E-state index in [1.54, 1.807) is 11.0 Å². The number of halogens is 1. The third-order valence-corrected chi connectivity index (χ3v) is 5.27. The van der Waals surface area contributed by atoms with Gasteiger partial charge in [-0.2, -0.15) is 0 Å². The van der Waals surface area contributed by atoms with Gasteiger partial charge in [0, 0.05) is 19.6 Å². The van der Waals surface area contributed by atoms with Crippen molar-refractivity contribution in [2.45, 2.75) is 11.6 Å². The third kappa shape index (κ3) is 2.76. The second-order valence-corrected chi connectivity index (χ2v) is 7.41. The van der Waals surface area contributed by atoms with Crippen LogP contribution in [0.1, 0.15) is 0 Å². The molecular formula is C17H22FN5O3. The fourth-order valence-electron chi connectivity index (χ4n) is 3.94. The van der Waals surface area contributed by atoms with Gasteiger partial charge in [-0.25, -0.2) is 14.2 Å². The topological polar surface area (TPSA) is 69.2 Å². The molecule has 3 aliphatic rings. The average molecular weight is 363 g/mol. The van der Waals surface area contributed by atoms with Crippen molar-refractivity contribution in [1.82, 2.24) is 19.7 Å². The Bertz CT molecular complexity index is 720. The molecule has 0 saturated carbocycles. The predicted molar refractivity (Wildman–Crippen MR) is 91.2 cm³/mol. The van der Waals surface area contributed by atoms with Gasteiger partial charge in [-0.05, 0) is 26.2 Å². The maximum atomic E-state index is 13.1. The Hall–Kier alpha value is -2.42. The minimum atomic E-state index is -0.635. The number of fused-ring (bicyclic) bond motifs is 2. The van der Waals surface area contributed by atoms with Gasteiger partial charge in [0.2, 0.25) is 5.91 Å². The molecule has 1 spiro atoms. The molecule has 0 N–H and O–H groups in total. The summed E-state index contributed by atoms with van der Waals surface area (Å²) in [5, 5.41) is 0. The molecule has 4 heterocycles. The zero-order valence-electron chi connectivity index (χ0n) is 14.9. The van der Waals surface area contributed by atoms with Gasteiger partial charge in [-0.1, -0.05) is 0 Å². The highest BCUT2D eigenvalue weighted by atomic mass is 19.1. The first-order valence-corrected chi connectivity index (χ1v) is 8.67. The number of likely N-dealkylation sites (N-methyl/N-ethyl adjacent to an activating group) is 1.